The second-order valence-corrected chi connectivity index (χ2v) is 3.42. The molecule has 1 rings (SSSR count). The van der Waals surface area contributed by atoms with Crippen molar-refractivity contribution in [2.75, 3.05) is 0 Å². The fourth-order valence-corrected chi connectivity index (χ4v) is 1.44. The summed E-state index contributed by atoms with van der Waals surface area (Å²) in [7, 11) is 0. The third kappa shape index (κ3) is 2.30. The van der Waals surface area contributed by atoms with Crippen LogP contribution in [-0.4, -0.2) is 33.6 Å². The number of rotatable bonds is 0. The van der Waals surface area contributed by atoms with Crippen LogP contribution in [0.2, 0.25) is 0 Å². The van der Waals surface area contributed by atoms with E-state index in [1.54, 1.807) is 0 Å². The van der Waals surface area contributed by atoms with Crippen LogP contribution in [0.5, 0.6) is 0 Å². The molecule has 1 aliphatic carbocycles. The molecule has 3 nitrogen and oxygen atoms in total. The number of hydrogen-bond donors (Lipinski definition) is 3. The van der Waals surface area contributed by atoms with Gasteiger partial charge in [0.15, 0.2) is 0 Å². The summed E-state index contributed by atoms with van der Waals surface area (Å²) in [6.07, 6.45) is 0.473. The van der Waals surface area contributed by atoms with Crippen LogP contribution in [0.1, 0.15) is 25.7 Å². The second-order valence-electron chi connectivity index (χ2n) is 3.42. The third-order valence-electron chi connectivity index (χ3n) is 2.40. The van der Waals surface area contributed by atoms with Gasteiger partial charge in [0.05, 0.1) is 18.3 Å². The molecule has 0 amide bonds. The zero-order chi connectivity index (χ0) is 9.14. The summed E-state index contributed by atoms with van der Waals surface area (Å²) in [5.41, 5.74) is 0.488. The molecule has 0 aromatic heterocycles. The van der Waals surface area contributed by atoms with Crippen LogP contribution in [0.3, 0.4) is 0 Å². The molecule has 70 valence electrons. The van der Waals surface area contributed by atoms with Gasteiger partial charge in [0.25, 0.3) is 0 Å². The molecular formula is C9H16O3. The van der Waals surface area contributed by atoms with Gasteiger partial charge >= 0.3 is 0 Å². The monoisotopic (exact) mass is 172 g/mol. The van der Waals surface area contributed by atoms with Crippen molar-refractivity contribution in [1.29, 1.82) is 0 Å². The van der Waals surface area contributed by atoms with Crippen LogP contribution in [0.4, 0.5) is 0 Å². The quantitative estimate of drug-likeness (QED) is 0.457. The zero-order valence-electron chi connectivity index (χ0n) is 7.11. The number of aliphatic hydroxyl groups excluding tert-OH is 3. The Morgan fingerprint density at radius 3 is 1.75 bits per heavy atom. The van der Waals surface area contributed by atoms with Crippen LogP contribution in [0, 0.1) is 0 Å². The van der Waals surface area contributed by atoms with Crippen LogP contribution in [-0.2, 0) is 0 Å². The molecule has 1 saturated carbocycles. The zero-order valence-corrected chi connectivity index (χ0v) is 7.11. The first-order valence-electron chi connectivity index (χ1n) is 4.34. The lowest BCUT2D eigenvalue weighted by Crippen LogP contribution is -2.27. The molecule has 2 atom stereocenters. The summed E-state index contributed by atoms with van der Waals surface area (Å²) >= 11 is 0. The molecule has 0 saturated heterocycles. The van der Waals surface area contributed by atoms with E-state index < -0.39 is 12.2 Å². The van der Waals surface area contributed by atoms with Crippen molar-refractivity contribution < 1.29 is 15.3 Å². The van der Waals surface area contributed by atoms with Gasteiger partial charge in [-0.3, -0.25) is 0 Å². The largest absolute Gasteiger partial charge is 0.393 e. The minimum Gasteiger partial charge on any atom is -0.393 e. The SMILES string of the molecule is C=C1C(O)CCC(O)CCC1O. The maximum Gasteiger partial charge on any atom is 0.0773 e. The van der Waals surface area contributed by atoms with Gasteiger partial charge in [0, 0.05) is 0 Å². The highest BCUT2D eigenvalue weighted by molar-refractivity contribution is 5.08. The van der Waals surface area contributed by atoms with Crippen molar-refractivity contribution >= 4 is 0 Å². The molecule has 2 unspecified atom stereocenters. The van der Waals surface area contributed by atoms with Gasteiger partial charge < -0.3 is 15.3 Å². The van der Waals surface area contributed by atoms with Gasteiger partial charge in [-0.2, -0.15) is 0 Å². The van der Waals surface area contributed by atoms with Gasteiger partial charge in [0.2, 0.25) is 0 Å². The second kappa shape index (κ2) is 4.03. The van der Waals surface area contributed by atoms with Crippen molar-refractivity contribution in [2.24, 2.45) is 0 Å². The first-order chi connectivity index (χ1) is 5.61. The average Bonchev–Trinajstić information content (AvgIpc) is 2.07. The maximum absolute atomic E-state index is 9.40. The van der Waals surface area contributed by atoms with E-state index >= 15 is 0 Å². The molecule has 0 aromatic carbocycles. The van der Waals surface area contributed by atoms with Crippen LogP contribution >= 0.6 is 0 Å². The van der Waals surface area contributed by atoms with Crippen LogP contribution in [0.25, 0.3) is 0 Å². The highest BCUT2D eigenvalue weighted by Crippen LogP contribution is 2.21. The average molecular weight is 172 g/mol. The van der Waals surface area contributed by atoms with E-state index in [1.165, 1.54) is 0 Å². The van der Waals surface area contributed by atoms with E-state index in [-0.39, 0.29) is 6.10 Å². The van der Waals surface area contributed by atoms with Crippen LogP contribution < -0.4 is 0 Å². The molecule has 0 aliphatic heterocycles. The van der Waals surface area contributed by atoms with Gasteiger partial charge in [-0.1, -0.05) is 6.58 Å². The van der Waals surface area contributed by atoms with Crippen molar-refractivity contribution in [3.05, 3.63) is 12.2 Å². The molecular weight excluding hydrogens is 156 g/mol. The summed E-state index contributed by atoms with van der Waals surface area (Å²) in [5.74, 6) is 0. The standard InChI is InChI=1S/C9H16O3/c1-6-8(11)4-2-7(10)3-5-9(6)12/h7-12H,1-5H2. The van der Waals surface area contributed by atoms with E-state index in [0.717, 1.165) is 0 Å². The maximum atomic E-state index is 9.40. The molecule has 1 aliphatic rings. The van der Waals surface area contributed by atoms with E-state index in [9.17, 15) is 15.3 Å². The first kappa shape index (κ1) is 9.71. The minimum absolute atomic E-state index is 0.387. The fourth-order valence-electron chi connectivity index (χ4n) is 1.44. The number of aliphatic hydroxyl groups is 3. The summed E-state index contributed by atoms with van der Waals surface area (Å²) in [4.78, 5) is 0. The Bertz CT molecular complexity index is 151. The van der Waals surface area contributed by atoms with Crippen molar-refractivity contribution in [2.45, 2.75) is 44.0 Å². The molecule has 0 aromatic rings. The van der Waals surface area contributed by atoms with E-state index in [2.05, 4.69) is 6.58 Å². The lowest BCUT2D eigenvalue weighted by atomic mass is 9.91. The Balaban J connectivity index is 2.54. The van der Waals surface area contributed by atoms with Crippen molar-refractivity contribution in [3.8, 4) is 0 Å². The molecule has 1 fully saturated rings. The Morgan fingerprint density at radius 1 is 0.917 bits per heavy atom. The normalized spacial score (nSPS) is 38.9. The summed E-state index contributed by atoms with van der Waals surface area (Å²) in [5, 5.41) is 28.1. The smallest absolute Gasteiger partial charge is 0.0773 e. The van der Waals surface area contributed by atoms with Gasteiger partial charge in [-0.25, -0.2) is 0 Å². The third-order valence-corrected chi connectivity index (χ3v) is 2.40. The summed E-state index contributed by atoms with van der Waals surface area (Å²) in [6.45, 7) is 3.62. The van der Waals surface area contributed by atoms with E-state index in [1.807, 2.05) is 0 Å². The molecule has 0 spiro atoms. The predicted molar refractivity (Wildman–Crippen MR) is 45.6 cm³/mol. The molecule has 0 heterocycles. The fraction of sp³-hybridized carbons (Fsp3) is 0.778. The Hall–Kier alpha value is -0.380. The van der Waals surface area contributed by atoms with Crippen molar-refractivity contribution in [1.82, 2.24) is 0 Å². The Labute approximate surface area is 72.3 Å². The summed E-state index contributed by atoms with van der Waals surface area (Å²) in [6, 6.07) is 0. The summed E-state index contributed by atoms with van der Waals surface area (Å²) < 4.78 is 0. The molecule has 3 heteroatoms. The van der Waals surface area contributed by atoms with Gasteiger partial charge in [0.1, 0.15) is 0 Å². The lowest BCUT2D eigenvalue weighted by Gasteiger charge is -2.24. The predicted octanol–water partition coefficient (Wildman–Crippen LogP) is 0.199. The highest BCUT2D eigenvalue weighted by Gasteiger charge is 2.22. The van der Waals surface area contributed by atoms with Gasteiger partial charge in [-0.15, -0.1) is 0 Å². The first-order valence-corrected chi connectivity index (χ1v) is 4.34. The van der Waals surface area contributed by atoms with E-state index in [4.69, 9.17) is 0 Å². The molecule has 0 radical (unpaired) electrons. The van der Waals surface area contributed by atoms with E-state index in [0.29, 0.717) is 31.3 Å². The van der Waals surface area contributed by atoms with Crippen molar-refractivity contribution in [3.63, 3.8) is 0 Å². The minimum atomic E-state index is -0.657. The molecule has 3 N–H and O–H groups in total. The lowest BCUT2D eigenvalue weighted by molar-refractivity contribution is 0.0697. The number of hydrogen-bond acceptors (Lipinski definition) is 3. The highest BCUT2D eigenvalue weighted by atomic mass is 16.3. The van der Waals surface area contributed by atoms with Gasteiger partial charge in [-0.05, 0) is 31.3 Å². The molecule has 0 bridgehead atoms. The van der Waals surface area contributed by atoms with Crippen LogP contribution in [0.15, 0.2) is 12.2 Å². The Kier molecular flexibility index (Phi) is 3.26. The topological polar surface area (TPSA) is 60.7 Å². The Morgan fingerprint density at radius 2 is 1.33 bits per heavy atom. The molecule has 12 heavy (non-hydrogen) atoms.